The van der Waals surface area contributed by atoms with Gasteiger partial charge in [-0.25, -0.2) is 14.3 Å². The summed E-state index contributed by atoms with van der Waals surface area (Å²) in [5.41, 5.74) is 2.98. The van der Waals surface area contributed by atoms with E-state index in [1.54, 1.807) is 17.0 Å². The van der Waals surface area contributed by atoms with Crippen molar-refractivity contribution in [3.05, 3.63) is 62.3 Å². The van der Waals surface area contributed by atoms with Crippen molar-refractivity contribution in [1.29, 1.82) is 0 Å². The zero-order valence-corrected chi connectivity index (χ0v) is 19.6. The predicted molar refractivity (Wildman–Crippen MR) is 120 cm³/mol. The van der Waals surface area contributed by atoms with Crippen molar-refractivity contribution >= 4 is 11.9 Å². The molecule has 1 fully saturated rings. The van der Waals surface area contributed by atoms with Gasteiger partial charge in [-0.3, -0.25) is 9.59 Å². The number of carbonyl (C=O) groups is 2. The number of rotatable bonds is 4. The third-order valence-corrected chi connectivity index (χ3v) is 5.45. The highest BCUT2D eigenvalue weighted by molar-refractivity contribution is 5.94. The van der Waals surface area contributed by atoms with E-state index in [-0.39, 0.29) is 22.9 Å². The number of hydrogen-bond acceptors (Lipinski definition) is 5. The number of aliphatic carboxylic acids is 1. The van der Waals surface area contributed by atoms with Crippen LogP contribution in [0.5, 0.6) is 0 Å². The fourth-order valence-electron chi connectivity index (χ4n) is 3.71. The summed E-state index contributed by atoms with van der Waals surface area (Å²) in [6.07, 6.45) is -3.81. The molecule has 0 spiro atoms. The van der Waals surface area contributed by atoms with Gasteiger partial charge >= 0.3 is 12.1 Å². The Hall–Kier alpha value is -3.28. The number of hydrogen-bond donors (Lipinski definition) is 3. The highest BCUT2D eigenvalue weighted by Crippen LogP contribution is 2.21. The van der Waals surface area contributed by atoms with E-state index in [2.05, 4.69) is 15.5 Å². The molecule has 12 heteroatoms. The smallest absolute Gasteiger partial charge is 0.475 e. The lowest BCUT2D eigenvalue weighted by Crippen LogP contribution is -2.34. The van der Waals surface area contributed by atoms with Crippen LogP contribution in [0.25, 0.3) is 0 Å². The maximum absolute atomic E-state index is 14.4. The molecule has 1 aliphatic heterocycles. The van der Waals surface area contributed by atoms with Crippen LogP contribution in [-0.2, 0) is 11.2 Å². The number of carboxylic acids is 1. The summed E-state index contributed by atoms with van der Waals surface area (Å²) < 4.78 is 46.1. The first-order valence-electron chi connectivity index (χ1n) is 11.0. The molecule has 1 aliphatic rings. The van der Waals surface area contributed by atoms with Crippen LogP contribution in [0.1, 0.15) is 58.9 Å². The second-order valence-electron chi connectivity index (χ2n) is 8.38. The molecule has 0 radical (unpaired) electrons. The van der Waals surface area contributed by atoms with Gasteiger partial charge in [0.2, 0.25) is 0 Å². The van der Waals surface area contributed by atoms with Gasteiger partial charge in [-0.1, -0.05) is 19.9 Å². The van der Waals surface area contributed by atoms with Crippen LogP contribution < -0.4 is 10.9 Å². The number of amides is 1. The number of benzene rings is 1. The minimum absolute atomic E-state index is 0.0764. The Balaban J connectivity index is 0.000000540. The molecule has 0 bridgehead atoms. The Labute approximate surface area is 199 Å². The normalized spacial score (nSPS) is 14.2. The Kier molecular flexibility index (Phi) is 9.52. The molecule has 35 heavy (non-hydrogen) atoms. The number of carboxylic acid groups (broad SMARTS) is 1. The standard InChI is InChI=1S/C21H27FN4O2.C2HF3O2/c1-13(2)19-14(3)18(24-25-20(19)27)12-15-5-6-17(22)16(11-15)21(28)26-9-4-7-23-8-10-26;3-2(4,5)1(6)7/h5-6,11,13,23H,4,7-10,12H2,1-3H3,(H,25,27);(H,6,7). The van der Waals surface area contributed by atoms with Crippen molar-refractivity contribution in [1.82, 2.24) is 20.4 Å². The summed E-state index contributed by atoms with van der Waals surface area (Å²) in [6.45, 7) is 8.58. The molecular formula is C23H28F4N4O4. The van der Waals surface area contributed by atoms with Crippen molar-refractivity contribution in [3.8, 4) is 0 Å². The summed E-state index contributed by atoms with van der Waals surface area (Å²) in [5.74, 6) is -3.47. The number of halogens is 4. The molecule has 0 atom stereocenters. The van der Waals surface area contributed by atoms with Crippen LogP contribution in [0.4, 0.5) is 17.6 Å². The Morgan fingerprint density at radius 3 is 2.46 bits per heavy atom. The van der Waals surface area contributed by atoms with Crippen LogP contribution in [0, 0.1) is 12.7 Å². The maximum atomic E-state index is 14.4. The summed E-state index contributed by atoms with van der Waals surface area (Å²) >= 11 is 0. The van der Waals surface area contributed by atoms with Gasteiger partial charge in [-0.15, -0.1) is 0 Å². The molecule has 192 valence electrons. The van der Waals surface area contributed by atoms with E-state index in [0.717, 1.165) is 29.8 Å². The van der Waals surface area contributed by atoms with Crippen molar-refractivity contribution in [3.63, 3.8) is 0 Å². The minimum Gasteiger partial charge on any atom is -0.475 e. The third kappa shape index (κ3) is 7.61. The molecule has 3 rings (SSSR count). The number of aromatic nitrogens is 2. The number of nitrogens with zero attached hydrogens (tertiary/aromatic N) is 2. The summed E-state index contributed by atoms with van der Waals surface area (Å²) in [6, 6.07) is 4.61. The molecule has 1 saturated heterocycles. The van der Waals surface area contributed by atoms with Crippen LogP contribution in [0.15, 0.2) is 23.0 Å². The van der Waals surface area contributed by atoms with E-state index < -0.39 is 18.0 Å². The number of alkyl halides is 3. The topological polar surface area (TPSA) is 115 Å². The summed E-state index contributed by atoms with van der Waals surface area (Å²) in [4.78, 5) is 35.5. The fraction of sp³-hybridized carbons (Fsp3) is 0.478. The summed E-state index contributed by atoms with van der Waals surface area (Å²) in [7, 11) is 0. The van der Waals surface area contributed by atoms with Gasteiger partial charge in [0, 0.05) is 31.6 Å². The lowest BCUT2D eigenvalue weighted by molar-refractivity contribution is -0.192. The first-order chi connectivity index (χ1) is 16.3. The van der Waals surface area contributed by atoms with Gasteiger partial charge < -0.3 is 15.3 Å². The fourth-order valence-corrected chi connectivity index (χ4v) is 3.71. The van der Waals surface area contributed by atoms with Crippen LogP contribution in [0.2, 0.25) is 0 Å². The third-order valence-electron chi connectivity index (χ3n) is 5.45. The van der Waals surface area contributed by atoms with Gasteiger partial charge in [0.1, 0.15) is 5.82 Å². The molecular weight excluding hydrogens is 472 g/mol. The van der Waals surface area contributed by atoms with E-state index in [9.17, 15) is 27.2 Å². The molecule has 1 amide bonds. The Morgan fingerprint density at radius 1 is 1.20 bits per heavy atom. The van der Waals surface area contributed by atoms with Gasteiger partial charge in [0.25, 0.3) is 11.5 Å². The molecule has 2 aromatic rings. The lowest BCUT2D eigenvalue weighted by atomic mass is 9.96. The Bertz CT molecular complexity index is 1110. The number of aromatic amines is 1. The molecule has 1 aromatic carbocycles. The zero-order chi connectivity index (χ0) is 26.3. The first-order valence-corrected chi connectivity index (χ1v) is 11.0. The molecule has 0 saturated carbocycles. The van der Waals surface area contributed by atoms with E-state index in [0.29, 0.717) is 31.6 Å². The molecule has 0 aliphatic carbocycles. The maximum Gasteiger partial charge on any atom is 0.490 e. The van der Waals surface area contributed by atoms with Crippen LogP contribution >= 0.6 is 0 Å². The predicted octanol–water partition coefficient (Wildman–Crippen LogP) is 3.00. The van der Waals surface area contributed by atoms with Crippen molar-refractivity contribution in [2.24, 2.45) is 0 Å². The zero-order valence-electron chi connectivity index (χ0n) is 19.6. The van der Waals surface area contributed by atoms with E-state index in [1.807, 2.05) is 20.8 Å². The second-order valence-corrected chi connectivity index (χ2v) is 8.38. The quantitative estimate of drug-likeness (QED) is 0.556. The molecule has 3 N–H and O–H groups in total. The van der Waals surface area contributed by atoms with Gasteiger partial charge in [-0.2, -0.15) is 18.3 Å². The average Bonchev–Trinajstić information content (AvgIpc) is 3.06. The first kappa shape index (κ1) is 28.0. The number of H-pyrrole nitrogens is 1. The molecule has 8 nitrogen and oxygen atoms in total. The van der Waals surface area contributed by atoms with E-state index in [4.69, 9.17) is 9.90 Å². The lowest BCUT2D eigenvalue weighted by Gasteiger charge is -2.20. The van der Waals surface area contributed by atoms with Gasteiger partial charge in [0.15, 0.2) is 0 Å². The van der Waals surface area contributed by atoms with E-state index in [1.165, 1.54) is 6.07 Å². The minimum atomic E-state index is -5.08. The highest BCUT2D eigenvalue weighted by atomic mass is 19.4. The van der Waals surface area contributed by atoms with Crippen molar-refractivity contribution in [2.75, 3.05) is 26.2 Å². The average molecular weight is 500 g/mol. The van der Waals surface area contributed by atoms with Crippen LogP contribution in [-0.4, -0.2) is 64.4 Å². The second kappa shape index (κ2) is 11.9. The van der Waals surface area contributed by atoms with Crippen molar-refractivity contribution in [2.45, 2.75) is 45.7 Å². The van der Waals surface area contributed by atoms with Crippen molar-refractivity contribution < 1.29 is 32.3 Å². The van der Waals surface area contributed by atoms with Crippen LogP contribution in [0.3, 0.4) is 0 Å². The van der Waals surface area contributed by atoms with E-state index >= 15 is 0 Å². The molecule has 2 heterocycles. The highest BCUT2D eigenvalue weighted by Gasteiger charge is 2.38. The molecule has 1 aromatic heterocycles. The Morgan fingerprint density at radius 2 is 1.86 bits per heavy atom. The number of carbonyl (C=O) groups excluding carboxylic acids is 1. The molecule has 0 unspecified atom stereocenters. The largest absolute Gasteiger partial charge is 0.490 e. The van der Waals surface area contributed by atoms with Gasteiger partial charge in [-0.05, 0) is 49.1 Å². The monoisotopic (exact) mass is 500 g/mol. The van der Waals surface area contributed by atoms with Gasteiger partial charge in [0.05, 0.1) is 11.3 Å². The number of nitrogens with one attached hydrogen (secondary N) is 2. The SMILES string of the molecule is Cc1c(Cc2ccc(F)c(C(=O)N3CCCNCC3)c2)n[nH]c(=O)c1C(C)C.O=C(O)C(F)(F)F. The summed E-state index contributed by atoms with van der Waals surface area (Å²) in [5, 5.41) is 17.1.